The number of amides is 1. The third-order valence-electron chi connectivity index (χ3n) is 1.60. The zero-order chi connectivity index (χ0) is 10.4. The number of aromatic hydroxyl groups is 1. The van der Waals surface area contributed by atoms with Crippen LogP contribution in [0.15, 0.2) is 29.2 Å². The predicted molar refractivity (Wildman–Crippen MR) is 57.5 cm³/mol. The molecule has 0 radical (unpaired) electrons. The van der Waals surface area contributed by atoms with Crippen molar-refractivity contribution in [3.05, 3.63) is 24.3 Å². The summed E-state index contributed by atoms with van der Waals surface area (Å²) in [7, 11) is 0. The van der Waals surface area contributed by atoms with Gasteiger partial charge in [-0.25, -0.2) is 0 Å². The maximum Gasteiger partial charge on any atom is 0.216 e. The first-order valence-electron chi connectivity index (χ1n) is 4.35. The lowest BCUT2D eigenvalue weighted by Crippen LogP contribution is -2.22. The van der Waals surface area contributed by atoms with E-state index in [2.05, 4.69) is 5.32 Å². The molecule has 0 aliphatic rings. The maximum absolute atomic E-state index is 10.6. The highest BCUT2D eigenvalue weighted by Crippen LogP contribution is 2.26. The van der Waals surface area contributed by atoms with Crippen molar-refractivity contribution < 1.29 is 9.90 Å². The Kier molecular flexibility index (Phi) is 4.32. The van der Waals surface area contributed by atoms with Crippen LogP contribution in [0, 0.1) is 0 Å². The molecule has 0 aliphatic heterocycles. The summed E-state index contributed by atoms with van der Waals surface area (Å²) in [5, 5.41) is 12.1. The van der Waals surface area contributed by atoms with Crippen molar-refractivity contribution >= 4 is 17.7 Å². The number of nitrogens with one attached hydrogen (secondary N) is 1. The molecule has 4 heteroatoms. The molecule has 0 atom stereocenters. The van der Waals surface area contributed by atoms with Crippen LogP contribution in [0.4, 0.5) is 0 Å². The van der Waals surface area contributed by atoms with Gasteiger partial charge < -0.3 is 10.4 Å². The summed E-state index contributed by atoms with van der Waals surface area (Å²) >= 11 is 1.52. The molecular weight excluding hydrogens is 198 g/mol. The fourth-order valence-electron chi connectivity index (χ4n) is 0.967. The molecule has 2 N–H and O–H groups in total. The van der Waals surface area contributed by atoms with Crippen molar-refractivity contribution in [1.29, 1.82) is 0 Å². The smallest absolute Gasteiger partial charge is 0.216 e. The Morgan fingerprint density at radius 2 is 2.21 bits per heavy atom. The third-order valence-corrected chi connectivity index (χ3v) is 2.66. The highest BCUT2D eigenvalue weighted by atomic mass is 32.2. The topological polar surface area (TPSA) is 49.3 Å². The first kappa shape index (κ1) is 10.9. The van der Waals surface area contributed by atoms with E-state index in [0.717, 1.165) is 10.6 Å². The van der Waals surface area contributed by atoms with Gasteiger partial charge in [-0.1, -0.05) is 12.1 Å². The number of thioether (sulfide) groups is 1. The predicted octanol–water partition coefficient (Wildman–Crippen LogP) is 1.62. The van der Waals surface area contributed by atoms with E-state index < -0.39 is 0 Å². The second kappa shape index (κ2) is 5.54. The lowest BCUT2D eigenvalue weighted by atomic mass is 10.3. The summed E-state index contributed by atoms with van der Waals surface area (Å²) in [6, 6.07) is 7.17. The number of carbonyl (C=O) groups is 1. The number of hydrogen-bond donors (Lipinski definition) is 2. The highest BCUT2D eigenvalue weighted by Gasteiger charge is 1.99. The molecule has 0 unspecified atom stereocenters. The quantitative estimate of drug-likeness (QED) is 0.587. The Labute approximate surface area is 87.5 Å². The second-order valence-corrected chi connectivity index (χ2v) is 3.94. The van der Waals surface area contributed by atoms with Crippen LogP contribution < -0.4 is 5.32 Å². The van der Waals surface area contributed by atoms with Crippen LogP contribution in [0.3, 0.4) is 0 Å². The summed E-state index contributed by atoms with van der Waals surface area (Å²) in [6.45, 7) is 2.11. The van der Waals surface area contributed by atoms with E-state index >= 15 is 0 Å². The van der Waals surface area contributed by atoms with Crippen molar-refractivity contribution in [2.24, 2.45) is 0 Å². The van der Waals surface area contributed by atoms with Crippen molar-refractivity contribution in [1.82, 2.24) is 5.32 Å². The van der Waals surface area contributed by atoms with Crippen molar-refractivity contribution in [2.75, 3.05) is 12.3 Å². The molecule has 3 nitrogen and oxygen atoms in total. The molecule has 1 rings (SSSR count). The lowest BCUT2D eigenvalue weighted by molar-refractivity contribution is -0.118. The Morgan fingerprint density at radius 1 is 1.50 bits per heavy atom. The molecular formula is C10H13NO2S. The molecule has 0 fully saturated rings. The zero-order valence-electron chi connectivity index (χ0n) is 7.99. The van der Waals surface area contributed by atoms with Crippen LogP contribution in [0.5, 0.6) is 5.75 Å². The molecule has 0 heterocycles. The van der Waals surface area contributed by atoms with Crippen molar-refractivity contribution in [3.8, 4) is 5.75 Å². The number of para-hydroxylation sites is 1. The fraction of sp³-hybridized carbons (Fsp3) is 0.300. The second-order valence-electron chi connectivity index (χ2n) is 2.80. The van der Waals surface area contributed by atoms with E-state index in [1.54, 1.807) is 12.1 Å². The lowest BCUT2D eigenvalue weighted by Gasteiger charge is -2.03. The normalized spacial score (nSPS) is 9.79. The molecule has 76 valence electrons. The molecule has 0 aliphatic carbocycles. The number of phenolic OH excluding ortho intramolecular Hbond substituents is 1. The molecule has 0 saturated heterocycles. The van der Waals surface area contributed by atoms with E-state index in [0.29, 0.717) is 12.3 Å². The standard InChI is InChI=1S/C10H13NO2S/c1-8(12)11-6-7-14-10-5-3-2-4-9(10)13/h2-5,13H,6-7H2,1H3,(H,11,12). The van der Waals surface area contributed by atoms with Gasteiger partial charge in [-0.15, -0.1) is 11.8 Å². The molecule has 0 bridgehead atoms. The number of carbonyl (C=O) groups excluding carboxylic acids is 1. The molecule has 1 aromatic rings. The Bertz CT molecular complexity index is 315. The monoisotopic (exact) mass is 211 g/mol. The summed E-state index contributed by atoms with van der Waals surface area (Å²) in [4.78, 5) is 11.4. The van der Waals surface area contributed by atoms with E-state index in [1.165, 1.54) is 18.7 Å². The minimum absolute atomic E-state index is 0.0251. The largest absolute Gasteiger partial charge is 0.507 e. The van der Waals surface area contributed by atoms with Crippen LogP contribution in [0.2, 0.25) is 0 Å². The third kappa shape index (κ3) is 3.70. The summed E-state index contributed by atoms with van der Waals surface area (Å²) < 4.78 is 0. The van der Waals surface area contributed by atoms with Gasteiger partial charge in [0.05, 0.1) is 0 Å². The van der Waals surface area contributed by atoms with Crippen LogP contribution >= 0.6 is 11.8 Å². The van der Waals surface area contributed by atoms with E-state index in [9.17, 15) is 9.90 Å². The number of benzene rings is 1. The van der Waals surface area contributed by atoms with Gasteiger partial charge in [0.1, 0.15) is 5.75 Å². The summed E-state index contributed by atoms with van der Waals surface area (Å²) in [5.74, 6) is 1.03. The van der Waals surface area contributed by atoms with E-state index in [1.807, 2.05) is 12.1 Å². The molecule has 14 heavy (non-hydrogen) atoms. The van der Waals surface area contributed by atoms with Gasteiger partial charge in [0, 0.05) is 24.1 Å². The highest BCUT2D eigenvalue weighted by molar-refractivity contribution is 7.99. The van der Waals surface area contributed by atoms with Gasteiger partial charge in [-0.2, -0.15) is 0 Å². The molecule has 0 saturated carbocycles. The fourth-order valence-corrected chi connectivity index (χ4v) is 1.78. The number of phenols is 1. The van der Waals surface area contributed by atoms with Gasteiger partial charge in [-0.3, -0.25) is 4.79 Å². The minimum Gasteiger partial charge on any atom is -0.507 e. The number of rotatable bonds is 4. The van der Waals surface area contributed by atoms with E-state index in [-0.39, 0.29) is 5.91 Å². The van der Waals surface area contributed by atoms with Gasteiger partial charge in [0.2, 0.25) is 5.91 Å². The number of hydrogen-bond acceptors (Lipinski definition) is 3. The molecule has 0 spiro atoms. The first-order valence-corrected chi connectivity index (χ1v) is 5.34. The van der Waals surface area contributed by atoms with Gasteiger partial charge in [0.15, 0.2) is 0 Å². The van der Waals surface area contributed by atoms with Gasteiger partial charge in [0.25, 0.3) is 0 Å². The van der Waals surface area contributed by atoms with Crippen molar-refractivity contribution in [3.63, 3.8) is 0 Å². The van der Waals surface area contributed by atoms with Gasteiger partial charge in [-0.05, 0) is 12.1 Å². The molecule has 0 aromatic heterocycles. The summed E-state index contributed by atoms with van der Waals surface area (Å²) in [6.07, 6.45) is 0. The average Bonchev–Trinajstić information content (AvgIpc) is 2.15. The van der Waals surface area contributed by atoms with E-state index in [4.69, 9.17) is 0 Å². The zero-order valence-corrected chi connectivity index (χ0v) is 8.80. The summed E-state index contributed by atoms with van der Waals surface area (Å²) in [5.41, 5.74) is 0. The SMILES string of the molecule is CC(=O)NCCSc1ccccc1O. The van der Waals surface area contributed by atoms with Crippen LogP contribution in [0.25, 0.3) is 0 Å². The first-order chi connectivity index (χ1) is 6.70. The van der Waals surface area contributed by atoms with Crippen LogP contribution in [0.1, 0.15) is 6.92 Å². The van der Waals surface area contributed by atoms with Crippen LogP contribution in [-0.4, -0.2) is 23.3 Å². The maximum atomic E-state index is 10.6. The van der Waals surface area contributed by atoms with Crippen LogP contribution in [-0.2, 0) is 4.79 Å². The Hall–Kier alpha value is -1.16. The molecule has 1 amide bonds. The minimum atomic E-state index is -0.0251. The Balaban J connectivity index is 2.31. The van der Waals surface area contributed by atoms with Gasteiger partial charge >= 0.3 is 0 Å². The Morgan fingerprint density at radius 3 is 2.86 bits per heavy atom. The molecule has 1 aromatic carbocycles. The van der Waals surface area contributed by atoms with Crippen molar-refractivity contribution in [2.45, 2.75) is 11.8 Å². The average molecular weight is 211 g/mol.